The third-order valence-corrected chi connectivity index (χ3v) is 7.65. The molecule has 6 heteroatoms. The molecule has 2 amide bonds. The van der Waals surface area contributed by atoms with E-state index in [0.717, 1.165) is 47.9 Å². The van der Waals surface area contributed by atoms with E-state index >= 15 is 0 Å². The van der Waals surface area contributed by atoms with Gasteiger partial charge in [-0.05, 0) is 54.2 Å². The largest absolute Gasteiger partial charge is 0.352 e. The molecule has 1 fully saturated rings. The summed E-state index contributed by atoms with van der Waals surface area (Å²) in [7, 11) is 0. The summed E-state index contributed by atoms with van der Waals surface area (Å²) in [6, 6.07) is 22.6. The molecule has 1 N–H and O–H groups in total. The first-order valence-corrected chi connectivity index (χ1v) is 13.3. The van der Waals surface area contributed by atoms with Gasteiger partial charge in [0, 0.05) is 19.0 Å². The highest BCUT2D eigenvalue weighted by Crippen LogP contribution is 2.25. The molecule has 0 aliphatic heterocycles. The maximum absolute atomic E-state index is 13.9. The van der Waals surface area contributed by atoms with Crippen molar-refractivity contribution in [2.45, 2.75) is 64.1 Å². The molecule has 36 heavy (non-hydrogen) atoms. The van der Waals surface area contributed by atoms with Crippen LogP contribution in [-0.4, -0.2) is 28.8 Å². The zero-order valence-electron chi connectivity index (χ0n) is 20.6. The van der Waals surface area contributed by atoms with Crippen molar-refractivity contribution in [2.24, 2.45) is 0 Å². The Morgan fingerprint density at radius 1 is 0.917 bits per heavy atom. The summed E-state index contributed by atoms with van der Waals surface area (Å²) in [5.41, 5.74) is 3.88. The van der Waals surface area contributed by atoms with E-state index in [1.54, 1.807) is 17.0 Å². The van der Waals surface area contributed by atoms with Gasteiger partial charge in [-0.2, -0.15) is 0 Å². The molecule has 4 nitrogen and oxygen atoms in total. The number of hydrogen-bond acceptors (Lipinski definition) is 2. The third-order valence-electron chi connectivity index (χ3n) is 6.91. The van der Waals surface area contributed by atoms with E-state index in [2.05, 4.69) is 5.32 Å². The van der Waals surface area contributed by atoms with Gasteiger partial charge in [-0.25, -0.2) is 0 Å². The van der Waals surface area contributed by atoms with Crippen molar-refractivity contribution in [1.82, 2.24) is 10.2 Å². The standard InChI is InChI=1S/C30H32Cl2N2O2/c1-21-9-5-6-12-24(21)20-34(29(35)19-23-15-16-26(31)27(32)17-23)28(18-22-10-3-2-4-11-22)30(36)33-25-13-7-8-14-25/h2-6,9-12,15-17,25,28H,7-8,13-14,18-20H2,1H3,(H,33,36)/t28-/m1/s1. The Morgan fingerprint density at radius 2 is 1.61 bits per heavy atom. The average molecular weight is 524 g/mol. The van der Waals surface area contributed by atoms with E-state index in [0.29, 0.717) is 23.0 Å². The minimum atomic E-state index is -0.636. The van der Waals surface area contributed by atoms with E-state index in [1.165, 1.54) is 0 Å². The van der Waals surface area contributed by atoms with E-state index in [1.807, 2.05) is 67.6 Å². The van der Waals surface area contributed by atoms with Crippen LogP contribution in [0.3, 0.4) is 0 Å². The van der Waals surface area contributed by atoms with Crippen LogP contribution in [0.4, 0.5) is 0 Å². The van der Waals surface area contributed by atoms with Crippen LogP contribution in [0.2, 0.25) is 10.0 Å². The Kier molecular flexibility index (Phi) is 9.06. The Bertz CT molecular complexity index is 1190. The highest BCUT2D eigenvalue weighted by Gasteiger charge is 2.32. The molecule has 0 spiro atoms. The van der Waals surface area contributed by atoms with Gasteiger partial charge >= 0.3 is 0 Å². The van der Waals surface area contributed by atoms with Crippen LogP contribution < -0.4 is 5.32 Å². The maximum Gasteiger partial charge on any atom is 0.243 e. The third kappa shape index (κ3) is 6.89. The van der Waals surface area contributed by atoms with Crippen LogP contribution in [0.15, 0.2) is 72.8 Å². The minimum absolute atomic E-state index is 0.0955. The van der Waals surface area contributed by atoms with Crippen LogP contribution in [-0.2, 0) is 29.0 Å². The number of rotatable bonds is 9. The van der Waals surface area contributed by atoms with Gasteiger partial charge in [0.05, 0.1) is 16.5 Å². The molecular formula is C30H32Cl2N2O2. The summed E-state index contributed by atoms with van der Waals surface area (Å²) in [4.78, 5) is 29.3. The normalized spacial score (nSPS) is 14.4. The maximum atomic E-state index is 13.9. The number of hydrogen-bond donors (Lipinski definition) is 1. The lowest BCUT2D eigenvalue weighted by atomic mass is 10.00. The van der Waals surface area contributed by atoms with Gasteiger partial charge in [0.1, 0.15) is 6.04 Å². The lowest BCUT2D eigenvalue weighted by Gasteiger charge is -2.33. The molecule has 1 saturated carbocycles. The van der Waals surface area contributed by atoms with Crippen molar-refractivity contribution in [3.8, 4) is 0 Å². The smallest absolute Gasteiger partial charge is 0.243 e. The fourth-order valence-corrected chi connectivity index (χ4v) is 5.14. The fourth-order valence-electron chi connectivity index (χ4n) is 4.82. The predicted molar refractivity (Wildman–Crippen MR) is 146 cm³/mol. The molecule has 1 aliphatic rings. The number of amides is 2. The molecule has 0 unspecified atom stereocenters. The highest BCUT2D eigenvalue weighted by molar-refractivity contribution is 6.42. The molecule has 0 bridgehead atoms. The first-order valence-electron chi connectivity index (χ1n) is 12.5. The van der Waals surface area contributed by atoms with Gasteiger partial charge in [0.2, 0.25) is 11.8 Å². The second-order valence-corrected chi connectivity index (χ2v) is 10.4. The average Bonchev–Trinajstić information content (AvgIpc) is 3.38. The number of halogens is 2. The van der Waals surface area contributed by atoms with E-state index in [9.17, 15) is 9.59 Å². The van der Waals surface area contributed by atoms with E-state index in [4.69, 9.17) is 23.2 Å². The zero-order chi connectivity index (χ0) is 25.5. The zero-order valence-corrected chi connectivity index (χ0v) is 22.1. The van der Waals surface area contributed by atoms with Crippen LogP contribution >= 0.6 is 23.2 Å². The SMILES string of the molecule is Cc1ccccc1CN(C(=O)Cc1ccc(Cl)c(Cl)c1)[C@H](Cc1ccccc1)C(=O)NC1CCCC1. The second-order valence-electron chi connectivity index (χ2n) is 9.57. The number of nitrogens with one attached hydrogen (secondary N) is 1. The van der Waals surface area contributed by atoms with Gasteiger partial charge < -0.3 is 10.2 Å². The quantitative estimate of drug-likeness (QED) is 0.346. The summed E-state index contributed by atoms with van der Waals surface area (Å²) < 4.78 is 0. The van der Waals surface area contributed by atoms with Crippen LogP contribution in [0.25, 0.3) is 0 Å². The molecule has 4 rings (SSSR count). The molecular weight excluding hydrogens is 491 g/mol. The molecule has 1 atom stereocenters. The summed E-state index contributed by atoms with van der Waals surface area (Å²) in [6.45, 7) is 2.38. The molecule has 0 radical (unpaired) electrons. The Morgan fingerprint density at radius 3 is 2.31 bits per heavy atom. The summed E-state index contributed by atoms with van der Waals surface area (Å²) >= 11 is 12.3. The number of nitrogens with zero attached hydrogens (tertiary/aromatic N) is 1. The van der Waals surface area contributed by atoms with Crippen molar-refractivity contribution >= 4 is 35.0 Å². The number of benzene rings is 3. The van der Waals surface area contributed by atoms with Crippen molar-refractivity contribution in [1.29, 1.82) is 0 Å². The first-order chi connectivity index (χ1) is 17.4. The molecule has 0 heterocycles. The molecule has 1 aliphatic carbocycles. The van der Waals surface area contributed by atoms with Crippen LogP contribution in [0.1, 0.15) is 47.9 Å². The Hall–Kier alpha value is -2.82. The Labute approximate surface area is 223 Å². The van der Waals surface area contributed by atoms with Gasteiger partial charge in [-0.15, -0.1) is 0 Å². The summed E-state index contributed by atoms with van der Waals surface area (Å²) in [5, 5.41) is 4.10. The fraction of sp³-hybridized carbons (Fsp3) is 0.333. The van der Waals surface area contributed by atoms with Crippen molar-refractivity contribution < 1.29 is 9.59 Å². The monoisotopic (exact) mass is 522 g/mol. The van der Waals surface area contributed by atoms with Crippen LogP contribution in [0.5, 0.6) is 0 Å². The summed E-state index contributed by atoms with van der Waals surface area (Å²) in [5.74, 6) is -0.221. The van der Waals surface area contributed by atoms with Crippen molar-refractivity contribution in [3.63, 3.8) is 0 Å². The molecule has 188 valence electrons. The van der Waals surface area contributed by atoms with Gasteiger partial charge in [-0.1, -0.05) is 96.7 Å². The van der Waals surface area contributed by atoms with Crippen LogP contribution in [0, 0.1) is 6.92 Å². The molecule has 0 aromatic heterocycles. The van der Waals surface area contributed by atoms with Gasteiger partial charge in [0.25, 0.3) is 0 Å². The van der Waals surface area contributed by atoms with E-state index in [-0.39, 0.29) is 24.3 Å². The van der Waals surface area contributed by atoms with E-state index < -0.39 is 6.04 Å². The number of carbonyl (C=O) groups excluding carboxylic acids is 2. The minimum Gasteiger partial charge on any atom is -0.352 e. The molecule has 3 aromatic carbocycles. The second kappa shape index (κ2) is 12.4. The van der Waals surface area contributed by atoms with Crippen molar-refractivity contribution in [2.75, 3.05) is 0 Å². The lowest BCUT2D eigenvalue weighted by Crippen LogP contribution is -2.52. The Balaban J connectivity index is 1.67. The van der Waals surface area contributed by atoms with Gasteiger partial charge in [-0.3, -0.25) is 9.59 Å². The lowest BCUT2D eigenvalue weighted by molar-refractivity contribution is -0.141. The first kappa shape index (κ1) is 26.2. The topological polar surface area (TPSA) is 49.4 Å². The number of carbonyl (C=O) groups is 2. The molecule has 0 saturated heterocycles. The predicted octanol–water partition coefficient (Wildman–Crippen LogP) is 6.54. The highest BCUT2D eigenvalue weighted by atomic mass is 35.5. The number of aryl methyl sites for hydroxylation is 1. The summed E-state index contributed by atoms with van der Waals surface area (Å²) in [6.07, 6.45) is 4.79. The molecule has 3 aromatic rings. The van der Waals surface area contributed by atoms with Gasteiger partial charge in [0.15, 0.2) is 0 Å². The van der Waals surface area contributed by atoms with Crippen molar-refractivity contribution in [3.05, 3.63) is 105 Å².